The van der Waals surface area contributed by atoms with Crippen LogP contribution in [0, 0.1) is 26.6 Å². The van der Waals surface area contributed by atoms with Gasteiger partial charge in [0, 0.05) is 6.16 Å². The maximum Gasteiger partial charge on any atom is 0.305 e. The second-order valence-corrected chi connectivity index (χ2v) is 8.49. The normalized spacial score (nSPS) is 13.6. The Kier molecular flexibility index (Phi) is 8.32. The van der Waals surface area contributed by atoms with Crippen LogP contribution in [-0.2, 0) is 13.9 Å². The van der Waals surface area contributed by atoms with Crippen molar-refractivity contribution in [1.29, 1.82) is 0 Å². The third kappa shape index (κ3) is 6.93. The Labute approximate surface area is 170 Å². The lowest BCUT2D eigenvalue weighted by Crippen LogP contribution is -2.15. The molecular weight excluding hydrogens is 394 g/mol. The number of aliphatic carboxylic acids is 1. The minimum absolute atomic E-state index is 0.0762. The van der Waals surface area contributed by atoms with E-state index in [0.717, 1.165) is 27.8 Å². The van der Waals surface area contributed by atoms with Crippen molar-refractivity contribution in [2.45, 2.75) is 33.3 Å². The monoisotopic (exact) mass is 420 g/mol. The van der Waals surface area contributed by atoms with Gasteiger partial charge in [-0.2, -0.15) is 0 Å². The number of carboxylic acid groups (broad SMARTS) is 1. The fraction of sp³-hybridized carbons (Fsp3) is 0.318. The van der Waals surface area contributed by atoms with Gasteiger partial charge in [0.05, 0.1) is 19.1 Å². The summed E-state index contributed by atoms with van der Waals surface area (Å²) in [6.07, 6.45) is 1.76. The van der Waals surface area contributed by atoms with Crippen LogP contribution < -0.4 is 0 Å². The molecule has 0 aliphatic heterocycles. The van der Waals surface area contributed by atoms with Gasteiger partial charge in [-0.1, -0.05) is 35.9 Å². The molecule has 7 heteroatoms. The van der Waals surface area contributed by atoms with E-state index in [-0.39, 0.29) is 18.6 Å². The largest absolute Gasteiger partial charge is 0.481 e. The van der Waals surface area contributed by atoms with Gasteiger partial charge in [0.1, 0.15) is 5.82 Å². The van der Waals surface area contributed by atoms with Gasteiger partial charge in [0.15, 0.2) is 8.03 Å². The molecular formula is C22H26FO5P. The molecule has 1 unspecified atom stereocenters. The van der Waals surface area contributed by atoms with E-state index >= 15 is 0 Å². The van der Waals surface area contributed by atoms with E-state index in [1.807, 2.05) is 32.1 Å². The highest BCUT2D eigenvalue weighted by atomic mass is 31.1. The number of carboxylic acids is 1. The summed E-state index contributed by atoms with van der Waals surface area (Å²) in [5.74, 6) is -1.40. The van der Waals surface area contributed by atoms with E-state index in [0.29, 0.717) is 5.56 Å². The van der Waals surface area contributed by atoms with Crippen molar-refractivity contribution in [3.8, 4) is 11.1 Å². The van der Waals surface area contributed by atoms with Gasteiger partial charge in [0.25, 0.3) is 0 Å². The first-order valence-electron chi connectivity index (χ1n) is 9.27. The average Bonchev–Trinajstić information content (AvgIpc) is 2.61. The molecule has 2 aromatic rings. The third-order valence-corrected chi connectivity index (χ3v) is 5.73. The second-order valence-electron chi connectivity index (χ2n) is 7.05. The summed E-state index contributed by atoms with van der Waals surface area (Å²) in [6, 6.07) is 9.08. The number of hydrogen-bond donors (Lipinski definition) is 2. The van der Waals surface area contributed by atoms with Gasteiger partial charge >= 0.3 is 5.97 Å². The van der Waals surface area contributed by atoms with E-state index in [9.17, 15) is 18.9 Å². The predicted octanol–water partition coefficient (Wildman–Crippen LogP) is 4.76. The van der Waals surface area contributed by atoms with Gasteiger partial charge in [-0.05, 0) is 60.7 Å². The molecule has 0 radical (unpaired) electrons. The minimum atomic E-state index is -2.53. The van der Waals surface area contributed by atoms with E-state index in [4.69, 9.17) is 9.63 Å². The summed E-state index contributed by atoms with van der Waals surface area (Å²) >= 11 is 0. The Bertz CT molecular complexity index is 939. The summed E-state index contributed by atoms with van der Waals surface area (Å²) in [5, 5.41) is 18.1. The summed E-state index contributed by atoms with van der Waals surface area (Å²) in [7, 11) is -2.53. The molecule has 0 heterocycles. The zero-order valence-corrected chi connectivity index (χ0v) is 17.7. The molecule has 2 rings (SSSR count). The number of aliphatic hydroxyl groups is 1. The number of halogens is 1. The van der Waals surface area contributed by atoms with Crippen LogP contribution in [0.2, 0.25) is 0 Å². The molecule has 0 bridgehead atoms. The maximum atomic E-state index is 13.7. The number of hydrogen-bond acceptors (Lipinski definition) is 4. The fourth-order valence-corrected chi connectivity index (χ4v) is 4.01. The van der Waals surface area contributed by atoms with Crippen molar-refractivity contribution in [2.24, 2.45) is 0 Å². The molecule has 0 amide bonds. The number of rotatable bonds is 9. The molecule has 0 saturated heterocycles. The molecule has 0 aromatic heterocycles. The Morgan fingerprint density at radius 2 is 1.93 bits per heavy atom. The van der Waals surface area contributed by atoms with Gasteiger partial charge < -0.3 is 14.7 Å². The minimum Gasteiger partial charge on any atom is -0.481 e. The van der Waals surface area contributed by atoms with Crippen LogP contribution in [0.15, 0.2) is 36.4 Å². The molecule has 5 nitrogen and oxygen atoms in total. The molecule has 29 heavy (non-hydrogen) atoms. The van der Waals surface area contributed by atoms with Crippen molar-refractivity contribution in [3.63, 3.8) is 0 Å². The highest BCUT2D eigenvalue weighted by Crippen LogP contribution is 2.30. The fourth-order valence-electron chi connectivity index (χ4n) is 3.08. The zero-order valence-electron chi connectivity index (χ0n) is 16.7. The summed E-state index contributed by atoms with van der Waals surface area (Å²) in [5.41, 5.74) is 5.52. The van der Waals surface area contributed by atoms with Crippen molar-refractivity contribution < 1.29 is 28.5 Å². The van der Waals surface area contributed by atoms with Gasteiger partial charge in [-0.3, -0.25) is 9.36 Å². The van der Waals surface area contributed by atoms with Crippen LogP contribution in [0.5, 0.6) is 0 Å². The van der Waals surface area contributed by atoms with Crippen LogP contribution in [0.25, 0.3) is 17.2 Å². The lowest BCUT2D eigenvalue weighted by atomic mass is 9.92. The molecule has 2 atom stereocenters. The second kappa shape index (κ2) is 10.5. The smallest absolute Gasteiger partial charge is 0.305 e. The molecule has 0 saturated carbocycles. The van der Waals surface area contributed by atoms with E-state index in [1.165, 1.54) is 6.07 Å². The lowest BCUT2D eigenvalue weighted by molar-refractivity contribution is -0.138. The van der Waals surface area contributed by atoms with E-state index in [2.05, 4.69) is 0 Å². The zero-order chi connectivity index (χ0) is 21.6. The molecule has 0 aliphatic rings. The maximum absolute atomic E-state index is 13.7. The molecule has 2 N–H and O–H groups in total. The van der Waals surface area contributed by atoms with Crippen LogP contribution in [-0.4, -0.2) is 35.1 Å². The number of benzene rings is 2. The van der Waals surface area contributed by atoms with Crippen molar-refractivity contribution in [3.05, 3.63) is 64.5 Å². The van der Waals surface area contributed by atoms with Crippen molar-refractivity contribution in [1.82, 2.24) is 0 Å². The number of aryl methyl sites for hydroxylation is 3. The van der Waals surface area contributed by atoms with Gasteiger partial charge in [-0.15, -0.1) is 0 Å². The quantitative estimate of drug-likeness (QED) is 0.572. The summed E-state index contributed by atoms with van der Waals surface area (Å²) in [6.45, 7) is 5.78. The molecule has 0 aliphatic carbocycles. The first kappa shape index (κ1) is 23.0. The van der Waals surface area contributed by atoms with E-state index in [1.54, 1.807) is 25.1 Å². The summed E-state index contributed by atoms with van der Waals surface area (Å²) < 4.78 is 30.7. The van der Waals surface area contributed by atoms with Gasteiger partial charge in [-0.25, -0.2) is 4.39 Å². The highest BCUT2D eigenvalue weighted by Gasteiger charge is 2.13. The number of aliphatic hydroxyl groups excluding tert-OH is 1. The predicted molar refractivity (Wildman–Crippen MR) is 113 cm³/mol. The highest BCUT2D eigenvalue weighted by molar-refractivity contribution is 7.39. The Hall–Kier alpha value is -2.27. The van der Waals surface area contributed by atoms with Crippen molar-refractivity contribution >= 4 is 20.1 Å². The van der Waals surface area contributed by atoms with Crippen LogP contribution in [0.4, 0.5) is 4.39 Å². The molecule has 0 fully saturated rings. The van der Waals surface area contributed by atoms with Crippen LogP contribution >= 0.6 is 8.03 Å². The number of carbonyl (C=O) groups is 1. The summed E-state index contributed by atoms with van der Waals surface area (Å²) in [4.78, 5) is 10.5. The van der Waals surface area contributed by atoms with Gasteiger partial charge in [0.2, 0.25) is 0 Å². The first-order chi connectivity index (χ1) is 13.7. The topological polar surface area (TPSA) is 83.8 Å². The Morgan fingerprint density at radius 1 is 1.21 bits per heavy atom. The Balaban J connectivity index is 2.13. The van der Waals surface area contributed by atoms with Crippen molar-refractivity contribution in [2.75, 3.05) is 12.8 Å². The first-order valence-corrected chi connectivity index (χ1v) is 10.8. The van der Waals surface area contributed by atoms with E-state index < -0.39 is 26.5 Å². The van der Waals surface area contributed by atoms with Crippen LogP contribution in [0.1, 0.15) is 28.7 Å². The van der Waals surface area contributed by atoms with Crippen LogP contribution in [0.3, 0.4) is 0 Å². The average molecular weight is 420 g/mol. The Morgan fingerprint density at radius 3 is 2.59 bits per heavy atom. The standard InChI is InChI=1S/C22H26FO5P/c1-14-9-15(2)19(20(10-14)17-6-7-21(23)16(3)11-17)5-4-8-28-29(27)13-18(24)12-22(25)26/h4-7,9-11,18,24,29H,8,12-13H2,1-3H3,(H,25,26)/b5-4-/t18-/m0/s1. The SMILES string of the molecule is Cc1cc(C)c(/C=C\CO[PH](=O)C[C@@H](O)CC(=O)O)c(-c2ccc(F)c(C)c2)c1. The molecule has 2 aromatic carbocycles. The molecule has 156 valence electrons. The molecule has 0 spiro atoms. The third-order valence-electron chi connectivity index (χ3n) is 4.44. The lowest BCUT2D eigenvalue weighted by Gasteiger charge is -2.13.